The highest BCUT2D eigenvalue weighted by Crippen LogP contribution is 2.29. The number of amides is 2. The van der Waals surface area contributed by atoms with Crippen molar-refractivity contribution in [3.63, 3.8) is 0 Å². The van der Waals surface area contributed by atoms with Crippen molar-refractivity contribution in [1.29, 1.82) is 0 Å². The lowest BCUT2D eigenvalue weighted by Crippen LogP contribution is -2.29. The molecule has 0 aromatic carbocycles. The smallest absolute Gasteiger partial charge is 0.324 e. The molecule has 0 saturated carbocycles. The average Bonchev–Trinajstić information content (AvgIpc) is 2.60. The van der Waals surface area contributed by atoms with Gasteiger partial charge in [0.2, 0.25) is 5.88 Å². The van der Waals surface area contributed by atoms with Crippen molar-refractivity contribution in [2.45, 2.75) is 0 Å². The standard InChI is InChI=1S/C10H14N4O2/c1-13-3-4-14(10(13)15)8-5-7(11)6-12-9(8)16-2/h5-6H,3-4,11H2,1-2H3. The first kappa shape index (κ1) is 10.5. The number of rotatable bonds is 2. The largest absolute Gasteiger partial charge is 0.480 e. The molecule has 6 nitrogen and oxygen atoms in total. The minimum Gasteiger partial charge on any atom is -0.480 e. The molecule has 1 aliphatic rings. The molecule has 1 aromatic heterocycles. The first-order valence-corrected chi connectivity index (χ1v) is 4.95. The molecule has 0 unspecified atom stereocenters. The van der Waals surface area contributed by atoms with Crippen LogP contribution in [0.15, 0.2) is 12.3 Å². The minimum atomic E-state index is -0.0642. The predicted octanol–water partition coefficient (Wildman–Crippen LogP) is 0.544. The minimum absolute atomic E-state index is 0.0642. The van der Waals surface area contributed by atoms with Crippen LogP contribution in [-0.2, 0) is 0 Å². The fourth-order valence-electron chi connectivity index (χ4n) is 1.68. The maximum atomic E-state index is 11.8. The molecule has 6 heteroatoms. The Bertz CT molecular complexity index is 421. The van der Waals surface area contributed by atoms with E-state index in [9.17, 15) is 4.79 Å². The number of nitrogen functional groups attached to an aromatic ring is 1. The van der Waals surface area contributed by atoms with Gasteiger partial charge in [0.1, 0.15) is 5.69 Å². The number of hydrogen-bond acceptors (Lipinski definition) is 4. The number of hydrogen-bond donors (Lipinski definition) is 1. The molecule has 2 N–H and O–H groups in total. The van der Waals surface area contributed by atoms with Crippen LogP contribution in [0.4, 0.5) is 16.2 Å². The Morgan fingerprint density at radius 2 is 2.25 bits per heavy atom. The van der Waals surface area contributed by atoms with Gasteiger partial charge in [0.05, 0.1) is 19.0 Å². The number of nitrogens with zero attached hydrogens (tertiary/aromatic N) is 3. The van der Waals surface area contributed by atoms with E-state index in [1.54, 1.807) is 22.9 Å². The molecule has 2 amide bonds. The van der Waals surface area contributed by atoms with Crippen molar-refractivity contribution in [2.75, 3.05) is 37.9 Å². The molecule has 2 heterocycles. The molecule has 0 spiro atoms. The Kier molecular flexibility index (Phi) is 2.55. The molecule has 1 aliphatic heterocycles. The fraction of sp³-hybridized carbons (Fsp3) is 0.400. The first-order valence-electron chi connectivity index (χ1n) is 4.95. The number of carbonyl (C=O) groups excluding carboxylic acids is 1. The van der Waals surface area contributed by atoms with Gasteiger partial charge in [-0.15, -0.1) is 0 Å². The van der Waals surface area contributed by atoms with Gasteiger partial charge < -0.3 is 15.4 Å². The Balaban J connectivity index is 2.39. The summed E-state index contributed by atoms with van der Waals surface area (Å²) in [7, 11) is 3.28. The predicted molar refractivity (Wildman–Crippen MR) is 60.6 cm³/mol. The summed E-state index contributed by atoms with van der Waals surface area (Å²) in [5.41, 5.74) is 6.79. The third-order valence-corrected chi connectivity index (χ3v) is 2.55. The lowest BCUT2D eigenvalue weighted by molar-refractivity contribution is 0.229. The monoisotopic (exact) mass is 222 g/mol. The number of urea groups is 1. The molecule has 0 bridgehead atoms. The van der Waals surface area contributed by atoms with Gasteiger partial charge in [-0.2, -0.15) is 0 Å². The molecule has 1 fully saturated rings. The summed E-state index contributed by atoms with van der Waals surface area (Å²) in [6.07, 6.45) is 1.51. The van der Waals surface area contributed by atoms with Gasteiger partial charge >= 0.3 is 6.03 Å². The second-order valence-corrected chi connectivity index (χ2v) is 3.65. The van der Waals surface area contributed by atoms with Crippen molar-refractivity contribution < 1.29 is 9.53 Å². The van der Waals surface area contributed by atoms with E-state index in [4.69, 9.17) is 10.5 Å². The SMILES string of the molecule is COc1ncc(N)cc1N1CCN(C)C1=O. The van der Waals surface area contributed by atoms with Crippen LogP contribution in [0.5, 0.6) is 5.88 Å². The van der Waals surface area contributed by atoms with Crippen molar-refractivity contribution in [3.8, 4) is 5.88 Å². The lowest BCUT2D eigenvalue weighted by Gasteiger charge is -2.18. The van der Waals surface area contributed by atoms with E-state index < -0.39 is 0 Å². The molecular formula is C10H14N4O2. The van der Waals surface area contributed by atoms with Crippen molar-refractivity contribution >= 4 is 17.4 Å². The lowest BCUT2D eigenvalue weighted by atomic mass is 10.3. The van der Waals surface area contributed by atoms with Gasteiger partial charge in [-0.3, -0.25) is 4.90 Å². The van der Waals surface area contributed by atoms with Crippen LogP contribution < -0.4 is 15.4 Å². The topological polar surface area (TPSA) is 71.7 Å². The van der Waals surface area contributed by atoms with Gasteiger partial charge in [0, 0.05) is 20.1 Å². The summed E-state index contributed by atoms with van der Waals surface area (Å²) in [5, 5.41) is 0. The molecule has 0 radical (unpaired) electrons. The summed E-state index contributed by atoms with van der Waals surface area (Å²) >= 11 is 0. The Morgan fingerprint density at radius 1 is 1.50 bits per heavy atom. The van der Waals surface area contributed by atoms with E-state index in [-0.39, 0.29) is 6.03 Å². The fourth-order valence-corrected chi connectivity index (χ4v) is 1.68. The Hall–Kier alpha value is -1.98. The van der Waals surface area contributed by atoms with Crippen LogP contribution >= 0.6 is 0 Å². The highest BCUT2D eigenvalue weighted by molar-refractivity contribution is 5.95. The summed E-state index contributed by atoms with van der Waals surface area (Å²) in [6, 6.07) is 1.63. The van der Waals surface area contributed by atoms with Crippen LogP contribution in [0.25, 0.3) is 0 Å². The second kappa shape index (κ2) is 3.88. The van der Waals surface area contributed by atoms with Gasteiger partial charge in [-0.05, 0) is 6.07 Å². The van der Waals surface area contributed by atoms with Crippen LogP contribution in [0.1, 0.15) is 0 Å². The maximum Gasteiger partial charge on any atom is 0.324 e. The van der Waals surface area contributed by atoms with Gasteiger partial charge in [-0.1, -0.05) is 0 Å². The van der Waals surface area contributed by atoms with Crippen LogP contribution in [0.2, 0.25) is 0 Å². The van der Waals surface area contributed by atoms with Gasteiger partial charge in [0.25, 0.3) is 0 Å². The van der Waals surface area contributed by atoms with E-state index in [0.29, 0.717) is 30.3 Å². The second-order valence-electron chi connectivity index (χ2n) is 3.65. The highest BCUT2D eigenvalue weighted by Gasteiger charge is 2.29. The molecule has 2 rings (SSSR count). The number of likely N-dealkylation sites (N-methyl/N-ethyl adjacent to an activating group) is 1. The zero-order chi connectivity index (χ0) is 11.7. The zero-order valence-electron chi connectivity index (χ0n) is 9.30. The summed E-state index contributed by atoms with van der Waals surface area (Å²) < 4.78 is 5.12. The summed E-state index contributed by atoms with van der Waals surface area (Å²) in [6.45, 7) is 1.31. The van der Waals surface area contributed by atoms with E-state index in [0.717, 1.165) is 0 Å². The van der Waals surface area contributed by atoms with Crippen LogP contribution in [0, 0.1) is 0 Å². The molecule has 1 aromatic rings. The number of aromatic nitrogens is 1. The average molecular weight is 222 g/mol. The normalized spacial score (nSPS) is 15.8. The Labute approximate surface area is 93.6 Å². The molecule has 16 heavy (non-hydrogen) atoms. The Morgan fingerprint density at radius 3 is 2.81 bits per heavy atom. The highest BCUT2D eigenvalue weighted by atomic mass is 16.5. The number of pyridine rings is 1. The van der Waals surface area contributed by atoms with E-state index in [1.165, 1.54) is 13.3 Å². The first-order chi connectivity index (χ1) is 7.63. The quantitative estimate of drug-likeness (QED) is 0.793. The molecular weight excluding hydrogens is 208 g/mol. The van der Waals surface area contributed by atoms with Gasteiger partial charge in [0.15, 0.2) is 0 Å². The van der Waals surface area contributed by atoms with E-state index in [2.05, 4.69) is 4.98 Å². The summed E-state index contributed by atoms with van der Waals surface area (Å²) in [5.74, 6) is 0.415. The third kappa shape index (κ3) is 1.62. The van der Waals surface area contributed by atoms with E-state index in [1.807, 2.05) is 0 Å². The molecule has 0 aliphatic carbocycles. The number of carbonyl (C=O) groups is 1. The van der Waals surface area contributed by atoms with Gasteiger partial charge in [-0.25, -0.2) is 9.78 Å². The number of methoxy groups -OCH3 is 1. The number of nitrogens with two attached hydrogens (primary N) is 1. The number of anilines is 2. The van der Waals surface area contributed by atoms with Crippen LogP contribution in [-0.4, -0.2) is 43.2 Å². The molecule has 0 atom stereocenters. The van der Waals surface area contributed by atoms with Crippen LogP contribution in [0.3, 0.4) is 0 Å². The zero-order valence-corrected chi connectivity index (χ0v) is 9.30. The van der Waals surface area contributed by atoms with Crippen molar-refractivity contribution in [1.82, 2.24) is 9.88 Å². The maximum absolute atomic E-state index is 11.8. The van der Waals surface area contributed by atoms with Crippen molar-refractivity contribution in [2.24, 2.45) is 0 Å². The van der Waals surface area contributed by atoms with E-state index >= 15 is 0 Å². The summed E-state index contributed by atoms with van der Waals surface area (Å²) in [4.78, 5) is 19.1. The molecule has 86 valence electrons. The van der Waals surface area contributed by atoms with Crippen molar-refractivity contribution in [3.05, 3.63) is 12.3 Å². The molecule has 1 saturated heterocycles. The third-order valence-electron chi connectivity index (χ3n) is 2.55. The number of ether oxygens (including phenoxy) is 1.